The summed E-state index contributed by atoms with van der Waals surface area (Å²) >= 11 is 7.20. The number of benzene rings is 2. The molecule has 1 saturated heterocycles. The van der Waals surface area contributed by atoms with Gasteiger partial charge in [-0.25, -0.2) is 0 Å². The van der Waals surface area contributed by atoms with Crippen molar-refractivity contribution < 1.29 is 9.47 Å². The number of thioether (sulfide) groups is 1. The molecule has 0 N–H and O–H groups in total. The summed E-state index contributed by atoms with van der Waals surface area (Å²) in [6.45, 7) is 4.12. The van der Waals surface area contributed by atoms with Gasteiger partial charge in [0.05, 0.1) is 19.8 Å². The minimum atomic E-state index is 0.719. The molecule has 0 spiro atoms. The van der Waals surface area contributed by atoms with Gasteiger partial charge in [0.25, 0.3) is 0 Å². The van der Waals surface area contributed by atoms with Crippen molar-refractivity contribution in [1.29, 1.82) is 0 Å². The number of fused-ring (bicyclic) bond motifs is 1. The third-order valence-electron chi connectivity index (χ3n) is 3.77. The molecule has 1 heterocycles. The zero-order valence-electron chi connectivity index (χ0n) is 13.1. The Morgan fingerprint density at radius 2 is 1.91 bits per heavy atom. The fourth-order valence-electron chi connectivity index (χ4n) is 2.50. The van der Waals surface area contributed by atoms with Gasteiger partial charge in [-0.05, 0) is 29.3 Å². The van der Waals surface area contributed by atoms with Crippen molar-refractivity contribution in [2.24, 2.45) is 0 Å². The summed E-state index contributed by atoms with van der Waals surface area (Å²) in [5, 5.41) is 2.46. The predicted octanol–water partition coefficient (Wildman–Crippen LogP) is 3.96. The molecule has 2 aromatic rings. The Morgan fingerprint density at radius 1 is 1.13 bits per heavy atom. The Hall–Kier alpha value is -1.30. The molecule has 3 rings (SSSR count). The zero-order chi connectivity index (χ0) is 15.9. The van der Waals surface area contributed by atoms with E-state index < -0.39 is 0 Å². The molecular weight excluding hydrogens is 326 g/mol. The van der Waals surface area contributed by atoms with Crippen LogP contribution >= 0.6 is 24.0 Å². The van der Waals surface area contributed by atoms with Gasteiger partial charge in [-0.3, -0.25) is 0 Å². The summed E-state index contributed by atoms with van der Waals surface area (Å²) in [4.78, 5) is 2.23. The topological polar surface area (TPSA) is 21.7 Å². The highest BCUT2D eigenvalue weighted by atomic mass is 32.2. The van der Waals surface area contributed by atoms with E-state index in [4.69, 9.17) is 21.7 Å². The lowest BCUT2D eigenvalue weighted by molar-refractivity contribution is 0.0702. The van der Waals surface area contributed by atoms with Crippen molar-refractivity contribution in [1.82, 2.24) is 4.90 Å². The van der Waals surface area contributed by atoms with Crippen LogP contribution in [0.25, 0.3) is 10.8 Å². The van der Waals surface area contributed by atoms with E-state index in [1.165, 1.54) is 10.8 Å². The smallest absolute Gasteiger partial charge is 0.136 e. The minimum Gasteiger partial charge on any atom is -0.494 e. The number of hydrogen-bond donors (Lipinski definition) is 0. The second-order valence-corrected chi connectivity index (χ2v) is 7.15. The standard InChI is InChI=1S/C18H21NO2S2/c22-18(19-8-11-20-12-9-19)23-13-3-10-21-17-7-6-15-4-1-2-5-16(15)14-17/h1-2,4-7,14H,3,8-13H2. The van der Waals surface area contributed by atoms with Crippen molar-refractivity contribution in [2.75, 3.05) is 38.7 Å². The van der Waals surface area contributed by atoms with Gasteiger partial charge in [-0.1, -0.05) is 54.3 Å². The maximum atomic E-state index is 5.85. The molecule has 0 amide bonds. The molecular formula is C18H21NO2S2. The van der Waals surface area contributed by atoms with E-state index >= 15 is 0 Å². The third kappa shape index (κ3) is 4.83. The van der Waals surface area contributed by atoms with Crippen molar-refractivity contribution in [3.05, 3.63) is 42.5 Å². The van der Waals surface area contributed by atoms with Crippen molar-refractivity contribution in [3.8, 4) is 5.75 Å². The number of morpholine rings is 1. The van der Waals surface area contributed by atoms with Crippen LogP contribution in [0, 0.1) is 0 Å². The van der Waals surface area contributed by atoms with E-state index in [1.54, 1.807) is 11.8 Å². The highest BCUT2D eigenvalue weighted by molar-refractivity contribution is 8.22. The zero-order valence-corrected chi connectivity index (χ0v) is 14.7. The van der Waals surface area contributed by atoms with Gasteiger partial charge in [0.1, 0.15) is 10.1 Å². The summed E-state index contributed by atoms with van der Waals surface area (Å²) in [7, 11) is 0. The van der Waals surface area contributed by atoms with Crippen LogP contribution in [0.15, 0.2) is 42.5 Å². The van der Waals surface area contributed by atoms with Gasteiger partial charge < -0.3 is 14.4 Å². The van der Waals surface area contributed by atoms with E-state index in [-0.39, 0.29) is 0 Å². The molecule has 1 aliphatic heterocycles. The second kappa shape index (κ2) is 8.52. The van der Waals surface area contributed by atoms with Crippen LogP contribution in [0.4, 0.5) is 0 Å². The highest BCUT2D eigenvalue weighted by Gasteiger charge is 2.13. The molecule has 122 valence electrons. The number of nitrogens with zero attached hydrogens (tertiary/aromatic N) is 1. The molecule has 3 nitrogen and oxygen atoms in total. The van der Waals surface area contributed by atoms with E-state index in [1.807, 2.05) is 6.07 Å². The maximum absolute atomic E-state index is 5.85. The molecule has 0 aliphatic carbocycles. The number of thiocarbonyl (C=S) groups is 1. The van der Waals surface area contributed by atoms with Crippen LogP contribution < -0.4 is 4.74 Å². The maximum Gasteiger partial charge on any atom is 0.136 e. The Bertz CT molecular complexity index is 656. The van der Waals surface area contributed by atoms with E-state index in [9.17, 15) is 0 Å². The Balaban J connectivity index is 1.38. The molecule has 0 atom stereocenters. The molecule has 5 heteroatoms. The van der Waals surface area contributed by atoms with Crippen LogP contribution in [0.1, 0.15) is 6.42 Å². The van der Waals surface area contributed by atoms with Crippen molar-refractivity contribution in [3.63, 3.8) is 0 Å². The lowest BCUT2D eigenvalue weighted by atomic mass is 10.1. The lowest BCUT2D eigenvalue weighted by Crippen LogP contribution is -2.38. The Morgan fingerprint density at radius 3 is 2.74 bits per heavy atom. The fourth-order valence-corrected chi connectivity index (χ4v) is 3.74. The van der Waals surface area contributed by atoms with Gasteiger partial charge in [-0.15, -0.1) is 0 Å². The van der Waals surface area contributed by atoms with Gasteiger partial charge in [0, 0.05) is 18.8 Å². The molecule has 0 unspecified atom stereocenters. The number of rotatable bonds is 5. The second-order valence-electron chi connectivity index (χ2n) is 5.42. The largest absolute Gasteiger partial charge is 0.494 e. The average Bonchev–Trinajstić information content (AvgIpc) is 2.62. The average molecular weight is 348 g/mol. The first-order valence-electron chi connectivity index (χ1n) is 7.94. The third-order valence-corrected chi connectivity index (χ3v) is 5.38. The summed E-state index contributed by atoms with van der Waals surface area (Å²) in [6.07, 6.45) is 0.988. The summed E-state index contributed by atoms with van der Waals surface area (Å²) in [5.74, 6) is 1.92. The quantitative estimate of drug-likeness (QED) is 0.601. The van der Waals surface area contributed by atoms with E-state index in [2.05, 4.69) is 41.3 Å². The lowest BCUT2D eigenvalue weighted by Gasteiger charge is -2.28. The molecule has 2 aromatic carbocycles. The van der Waals surface area contributed by atoms with Gasteiger partial charge >= 0.3 is 0 Å². The van der Waals surface area contributed by atoms with Crippen molar-refractivity contribution in [2.45, 2.75) is 6.42 Å². The molecule has 0 aromatic heterocycles. The molecule has 0 bridgehead atoms. The number of ether oxygens (including phenoxy) is 2. The van der Waals surface area contributed by atoms with Gasteiger partial charge in [0.15, 0.2) is 0 Å². The molecule has 23 heavy (non-hydrogen) atoms. The highest BCUT2D eigenvalue weighted by Crippen LogP contribution is 2.21. The first-order chi connectivity index (χ1) is 11.3. The first-order valence-corrected chi connectivity index (χ1v) is 9.33. The van der Waals surface area contributed by atoms with Crippen molar-refractivity contribution >= 4 is 39.1 Å². The summed E-state index contributed by atoms with van der Waals surface area (Å²) in [5.41, 5.74) is 0. The molecule has 0 radical (unpaired) electrons. The normalized spacial score (nSPS) is 14.9. The van der Waals surface area contributed by atoms with Crippen LogP contribution in [-0.2, 0) is 4.74 Å². The number of hydrogen-bond acceptors (Lipinski definition) is 4. The summed E-state index contributed by atoms with van der Waals surface area (Å²) < 4.78 is 12.2. The molecule has 1 aliphatic rings. The SMILES string of the molecule is S=C(SCCCOc1ccc2ccccc2c1)N1CCOCC1. The van der Waals surface area contributed by atoms with Crippen LogP contribution in [0.3, 0.4) is 0 Å². The van der Waals surface area contributed by atoms with E-state index in [0.717, 1.165) is 55.2 Å². The predicted molar refractivity (Wildman–Crippen MR) is 102 cm³/mol. The van der Waals surface area contributed by atoms with Gasteiger partial charge in [-0.2, -0.15) is 0 Å². The fraction of sp³-hybridized carbons (Fsp3) is 0.389. The Labute approximate surface area is 146 Å². The van der Waals surface area contributed by atoms with E-state index in [0.29, 0.717) is 0 Å². The van der Waals surface area contributed by atoms with Crippen LogP contribution in [-0.4, -0.2) is 47.9 Å². The first kappa shape index (κ1) is 16.6. The molecule has 0 saturated carbocycles. The molecule has 1 fully saturated rings. The van der Waals surface area contributed by atoms with Crippen LogP contribution in [0.5, 0.6) is 5.75 Å². The van der Waals surface area contributed by atoms with Gasteiger partial charge in [0.2, 0.25) is 0 Å². The monoisotopic (exact) mass is 347 g/mol. The summed E-state index contributed by atoms with van der Waals surface area (Å²) in [6, 6.07) is 14.6. The Kier molecular flexibility index (Phi) is 6.13. The minimum absolute atomic E-state index is 0.719. The van der Waals surface area contributed by atoms with Crippen LogP contribution in [0.2, 0.25) is 0 Å².